The molecule has 0 aliphatic heterocycles. The molecule has 0 aliphatic rings. The van der Waals surface area contributed by atoms with Crippen molar-refractivity contribution >= 4 is 28.2 Å². The Balaban J connectivity index is 1.74. The highest BCUT2D eigenvalue weighted by Crippen LogP contribution is 2.20. The number of benzene rings is 1. The number of rotatable bonds is 4. The number of aromatic nitrogens is 2. The second-order valence-corrected chi connectivity index (χ2v) is 4.95. The van der Waals surface area contributed by atoms with Crippen molar-refractivity contribution in [3.63, 3.8) is 0 Å². The number of nitrogens with zero attached hydrogens (tertiary/aromatic N) is 2. The van der Waals surface area contributed by atoms with Crippen LogP contribution in [0.15, 0.2) is 41.9 Å². The maximum atomic E-state index is 10.7. The number of carboxylic acids is 1. The lowest BCUT2D eigenvalue weighted by atomic mass is 10.2. The Hall–Kier alpha value is -2.47. The molecule has 100 valence electrons. The first-order valence-electron chi connectivity index (χ1n) is 5.87. The number of carbonyl (C=O) groups is 1. The van der Waals surface area contributed by atoms with E-state index in [0.717, 1.165) is 22.2 Å². The maximum absolute atomic E-state index is 10.7. The van der Waals surface area contributed by atoms with Gasteiger partial charge in [0.2, 0.25) is 5.01 Å². The minimum atomic E-state index is -1.02. The van der Waals surface area contributed by atoms with Gasteiger partial charge >= 0.3 is 5.97 Å². The van der Waals surface area contributed by atoms with Crippen molar-refractivity contribution in [1.29, 1.82) is 0 Å². The second kappa shape index (κ2) is 5.26. The minimum Gasteiger partial charge on any atom is -0.487 e. The largest absolute Gasteiger partial charge is 0.487 e. The van der Waals surface area contributed by atoms with Gasteiger partial charge in [0.25, 0.3) is 0 Å². The molecule has 20 heavy (non-hydrogen) atoms. The van der Waals surface area contributed by atoms with Crippen LogP contribution in [-0.4, -0.2) is 21.0 Å². The first-order chi connectivity index (χ1) is 9.72. The first-order valence-corrected chi connectivity index (χ1v) is 6.75. The molecule has 0 atom stereocenters. The van der Waals surface area contributed by atoms with E-state index in [1.807, 2.05) is 30.3 Å². The molecule has 2 aromatic heterocycles. The zero-order chi connectivity index (χ0) is 13.9. The molecule has 1 aromatic carbocycles. The van der Waals surface area contributed by atoms with Gasteiger partial charge in [-0.15, -0.1) is 11.3 Å². The second-order valence-electron chi connectivity index (χ2n) is 4.10. The molecule has 0 saturated carbocycles. The Morgan fingerprint density at radius 3 is 3.05 bits per heavy atom. The average molecular weight is 286 g/mol. The number of fused-ring (bicyclic) bond motifs is 1. The molecule has 0 amide bonds. The van der Waals surface area contributed by atoms with Gasteiger partial charge in [0, 0.05) is 23.0 Å². The number of thiazole rings is 1. The summed E-state index contributed by atoms with van der Waals surface area (Å²) in [6.07, 6.45) is 1.73. The number of ether oxygens (including phenoxy) is 1. The van der Waals surface area contributed by atoms with E-state index in [1.54, 1.807) is 11.6 Å². The Labute approximate surface area is 118 Å². The van der Waals surface area contributed by atoms with Gasteiger partial charge < -0.3 is 9.84 Å². The van der Waals surface area contributed by atoms with Crippen LogP contribution < -0.4 is 4.74 Å². The zero-order valence-corrected chi connectivity index (χ0v) is 11.1. The molecule has 0 saturated heterocycles. The molecule has 0 unspecified atom stereocenters. The molecule has 3 rings (SSSR count). The molecule has 0 spiro atoms. The molecule has 2 heterocycles. The highest BCUT2D eigenvalue weighted by atomic mass is 32.1. The van der Waals surface area contributed by atoms with Crippen molar-refractivity contribution in [3.8, 4) is 5.75 Å². The Morgan fingerprint density at radius 1 is 1.35 bits per heavy atom. The topological polar surface area (TPSA) is 72.3 Å². The van der Waals surface area contributed by atoms with E-state index in [-0.39, 0.29) is 11.6 Å². The number of hydrogen-bond acceptors (Lipinski definition) is 5. The predicted octanol–water partition coefficient (Wildman–Crippen LogP) is 2.97. The molecular weight excluding hydrogens is 276 g/mol. The average Bonchev–Trinajstić information content (AvgIpc) is 2.94. The molecule has 0 radical (unpaired) electrons. The number of aromatic carboxylic acids is 1. The van der Waals surface area contributed by atoms with Crippen LogP contribution in [0.5, 0.6) is 5.75 Å². The quantitative estimate of drug-likeness (QED) is 0.798. The van der Waals surface area contributed by atoms with Crippen molar-refractivity contribution < 1.29 is 14.6 Å². The van der Waals surface area contributed by atoms with Crippen LogP contribution in [0.2, 0.25) is 0 Å². The monoisotopic (exact) mass is 286 g/mol. The minimum absolute atomic E-state index is 0.0729. The van der Waals surface area contributed by atoms with Gasteiger partial charge in [-0.1, -0.05) is 6.07 Å². The van der Waals surface area contributed by atoms with Crippen LogP contribution in [0.4, 0.5) is 0 Å². The smallest absolute Gasteiger partial charge is 0.365 e. The van der Waals surface area contributed by atoms with Gasteiger partial charge in [-0.3, -0.25) is 4.98 Å². The Kier molecular flexibility index (Phi) is 3.30. The highest BCUT2D eigenvalue weighted by Gasteiger charge is 2.09. The molecule has 5 nitrogen and oxygen atoms in total. The van der Waals surface area contributed by atoms with E-state index in [9.17, 15) is 4.79 Å². The number of hydrogen-bond donors (Lipinski definition) is 1. The summed E-state index contributed by atoms with van der Waals surface area (Å²) in [5, 5.41) is 11.6. The summed E-state index contributed by atoms with van der Waals surface area (Å²) in [7, 11) is 0. The van der Waals surface area contributed by atoms with E-state index >= 15 is 0 Å². The molecule has 6 heteroatoms. The Bertz CT molecular complexity index is 770. The van der Waals surface area contributed by atoms with E-state index in [0.29, 0.717) is 11.4 Å². The van der Waals surface area contributed by atoms with Crippen LogP contribution in [-0.2, 0) is 6.61 Å². The first kappa shape index (κ1) is 12.6. The van der Waals surface area contributed by atoms with E-state index in [4.69, 9.17) is 9.84 Å². The lowest BCUT2D eigenvalue weighted by molar-refractivity contribution is 0.0696. The van der Waals surface area contributed by atoms with Crippen molar-refractivity contribution in [1.82, 2.24) is 9.97 Å². The lowest BCUT2D eigenvalue weighted by Gasteiger charge is -2.05. The Morgan fingerprint density at radius 2 is 2.25 bits per heavy atom. The molecule has 0 aliphatic carbocycles. The molecule has 0 bridgehead atoms. The van der Waals surface area contributed by atoms with Crippen LogP contribution in [0.1, 0.15) is 15.5 Å². The summed E-state index contributed by atoms with van der Waals surface area (Å²) >= 11 is 1.09. The zero-order valence-electron chi connectivity index (χ0n) is 10.3. The summed E-state index contributed by atoms with van der Waals surface area (Å²) in [5.41, 5.74) is 1.46. The third kappa shape index (κ3) is 2.60. The summed E-state index contributed by atoms with van der Waals surface area (Å²) in [4.78, 5) is 19.0. The van der Waals surface area contributed by atoms with Gasteiger partial charge in [0.05, 0.1) is 11.2 Å². The van der Waals surface area contributed by atoms with Crippen LogP contribution in [0, 0.1) is 0 Å². The summed E-state index contributed by atoms with van der Waals surface area (Å²) in [5.74, 6) is -0.336. The van der Waals surface area contributed by atoms with Gasteiger partial charge in [0.15, 0.2) is 0 Å². The number of carboxylic acid groups (broad SMARTS) is 1. The van der Waals surface area contributed by atoms with Gasteiger partial charge in [0.1, 0.15) is 12.4 Å². The third-order valence-corrected chi connectivity index (χ3v) is 3.58. The van der Waals surface area contributed by atoms with Gasteiger partial charge in [-0.25, -0.2) is 9.78 Å². The molecular formula is C14H10N2O3S. The van der Waals surface area contributed by atoms with E-state index < -0.39 is 5.97 Å². The molecule has 0 fully saturated rings. The standard InChI is InChI=1S/C14H10N2O3S/c17-14(18)13-16-10(8-20-13)7-19-11-4-3-9-2-1-5-15-12(9)6-11/h1-6,8H,7H2,(H,17,18). The maximum Gasteiger partial charge on any atom is 0.365 e. The van der Waals surface area contributed by atoms with Crippen LogP contribution in [0.25, 0.3) is 10.9 Å². The fourth-order valence-corrected chi connectivity index (χ4v) is 2.40. The normalized spacial score (nSPS) is 10.6. The van der Waals surface area contributed by atoms with Crippen LogP contribution >= 0.6 is 11.3 Å². The molecule has 3 aromatic rings. The van der Waals surface area contributed by atoms with Crippen molar-refractivity contribution in [2.45, 2.75) is 6.61 Å². The predicted molar refractivity (Wildman–Crippen MR) is 75.1 cm³/mol. The van der Waals surface area contributed by atoms with Gasteiger partial charge in [-0.2, -0.15) is 0 Å². The fraction of sp³-hybridized carbons (Fsp3) is 0.0714. The lowest BCUT2D eigenvalue weighted by Crippen LogP contribution is -1.99. The molecule has 1 N–H and O–H groups in total. The van der Waals surface area contributed by atoms with E-state index in [1.165, 1.54) is 0 Å². The van der Waals surface area contributed by atoms with Crippen molar-refractivity contribution in [2.75, 3.05) is 0 Å². The fourth-order valence-electron chi connectivity index (χ4n) is 1.76. The van der Waals surface area contributed by atoms with Crippen molar-refractivity contribution in [3.05, 3.63) is 52.6 Å². The summed E-state index contributed by atoms with van der Waals surface area (Å²) in [6, 6.07) is 9.49. The van der Waals surface area contributed by atoms with E-state index in [2.05, 4.69) is 9.97 Å². The summed E-state index contributed by atoms with van der Waals surface area (Å²) in [6.45, 7) is 0.238. The third-order valence-electron chi connectivity index (χ3n) is 2.70. The SMILES string of the molecule is O=C(O)c1nc(COc2ccc3cccnc3c2)cs1. The van der Waals surface area contributed by atoms with Crippen LogP contribution in [0.3, 0.4) is 0 Å². The summed E-state index contributed by atoms with van der Waals surface area (Å²) < 4.78 is 5.60. The van der Waals surface area contributed by atoms with Crippen molar-refractivity contribution in [2.24, 2.45) is 0 Å². The number of pyridine rings is 1. The highest BCUT2D eigenvalue weighted by molar-refractivity contribution is 7.11. The van der Waals surface area contributed by atoms with Gasteiger partial charge in [-0.05, 0) is 18.2 Å².